The Labute approximate surface area is 83.8 Å². The molecule has 0 aliphatic heterocycles. The van der Waals surface area contributed by atoms with E-state index in [2.05, 4.69) is 65.6 Å². The third-order valence-electron chi connectivity index (χ3n) is 1.52. The summed E-state index contributed by atoms with van der Waals surface area (Å²) in [6.45, 7) is 0. The van der Waals surface area contributed by atoms with Crippen molar-refractivity contribution in [3.05, 3.63) is 27.8 Å². The van der Waals surface area contributed by atoms with Crippen molar-refractivity contribution in [1.29, 1.82) is 0 Å². The van der Waals surface area contributed by atoms with Gasteiger partial charge in [0.25, 0.3) is 0 Å². The van der Waals surface area contributed by atoms with E-state index >= 15 is 0 Å². The van der Waals surface area contributed by atoms with E-state index in [1.165, 1.54) is 8.47 Å². The van der Waals surface area contributed by atoms with E-state index in [4.69, 9.17) is 0 Å². The molecule has 0 radical (unpaired) electrons. The summed E-state index contributed by atoms with van der Waals surface area (Å²) >= 11 is 2.33. The number of hydrogen-bond acceptors (Lipinski definition) is 0. The molecule has 0 amide bonds. The van der Waals surface area contributed by atoms with Gasteiger partial charge in [-0.2, -0.15) is 0 Å². The molecule has 0 nitrogen and oxygen atoms in total. The van der Waals surface area contributed by atoms with Crippen LogP contribution in [0.2, 0.25) is 0 Å². The van der Waals surface area contributed by atoms with Crippen LogP contribution in [0.1, 0.15) is 0 Å². The van der Waals surface area contributed by atoms with Gasteiger partial charge in [-0.05, 0) is 70.5 Å². The highest BCUT2D eigenvalue weighted by atomic mass is 127. The molecule has 0 unspecified atom stereocenters. The van der Waals surface area contributed by atoms with Crippen LogP contribution in [0.5, 0.6) is 0 Å². The molecule has 0 bridgehead atoms. The standard InChI is InChI=1S/C9H13IS/c1-11(2,3)9-6-4-8(10)5-7-9/h4-7H,1-3H3. The third kappa shape index (κ3) is 2.67. The van der Waals surface area contributed by atoms with Gasteiger partial charge < -0.3 is 0 Å². The highest BCUT2D eigenvalue weighted by molar-refractivity contribution is 14.1. The lowest BCUT2D eigenvalue weighted by Crippen LogP contribution is -1.91. The van der Waals surface area contributed by atoms with E-state index in [-0.39, 0.29) is 0 Å². The second-order valence-corrected chi connectivity index (χ2v) is 8.68. The van der Waals surface area contributed by atoms with Gasteiger partial charge in [0.1, 0.15) is 0 Å². The average molecular weight is 280 g/mol. The first-order valence-corrected chi connectivity index (χ1v) is 7.38. The van der Waals surface area contributed by atoms with Crippen molar-refractivity contribution in [3.63, 3.8) is 0 Å². The molecular weight excluding hydrogens is 267 g/mol. The van der Waals surface area contributed by atoms with Gasteiger partial charge in [0.15, 0.2) is 0 Å². The van der Waals surface area contributed by atoms with Crippen molar-refractivity contribution < 1.29 is 0 Å². The van der Waals surface area contributed by atoms with E-state index < -0.39 is 10.0 Å². The van der Waals surface area contributed by atoms with Crippen molar-refractivity contribution in [2.45, 2.75) is 4.90 Å². The van der Waals surface area contributed by atoms with Gasteiger partial charge in [-0.15, -0.1) is 0 Å². The first kappa shape index (κ1) is 9.39. The normalized spacial score (nSPS) is 13.1. The summed E-state index contributed by atoms with van der Waals surface area (Å²) in [5, 5.41) is 0. The molecular formula is C9H13IS. The molecule has 0 aliphatic carbocycles. The molecule has 0 aromatic heterocycles. The minimum absolute atomic E-state index is 0.523. The van der Waals surface area contributed by atoms with Crippen LogP contribution in [0.15, 0.2) is 29.2 Å². The van der Waals surface area contributed by atoms with Gasteiger partial charge in [0.05, 0.1) is 0 Å². The van der Waals surface area contributed by atoms with Gasteiger partial charge >= 0.3 is 0 Å². The minimum atomic E-state index is -0.523. The Kier molecular flexibility index (Phi) is 2.86. The minimum Gasteiger partial charge on any atom is -0.223 e. The summed E-state index contributed by atoms with van der Waals surface area (Å²) in [7, 11) is -0.523. The van der Waals surface area contributed by atoms with Crippen molar-refractivity contribution in [2.75, 3.05) is 18.8 Å². The Morgan fingerprint density at radius 2 is 1.45 bits per heavy atom. The molecule has 0 saturated carbocycles. The summed E-state index contributed by atoms with van der Waals surface area (Å²) in [5.41, 5.74) is 0. The molecule has 1 aromatic rings. The Morgan fingerprint density at radius 3 is 1.82 bits per heavy atom. The molecule has 1 aromatic carbocycles. The lowest BCUT2D eigenvalue weighted by molar-refractivity contribution is 1.42. The molecule has 2 heteroatoms. The molecule has 0 fully saturated rings. The predicted molar refractivity (Wildman–Crippen MR) is 62.8 cm³/mol. The SMILES string of the molecule is CS(C)(C)c1ccc(I)cc1. The second kappa shape index (κ2) is 3.35. The quantitative estimate of drug-likeness (QED) is 0.692. The summed E-state index contributed by atoms with van der Waals surface area (Å²) < 4.78 is 1.31. The topological polar surface area (TPSA) is 0 Å². The Bertz CT molecular complexity index is 233. The van der Waals surface area contributed by atoms with Crippen molar-refractivity contribution in [1.82, 2.24) is 0 Å². The fourth-order valence-electron chi connectivity index (χ4n) is 0.843. The van der Waals surface area contributed by atoms with Gasteiger partial charge in [0.2, 0.25) is 0 Å². The summed E-state index contributed by atoms with van der Waals surface area (Å²) in [4.78, 5) is 1.48. The van der Waals surface area contributed by atoms with E-state index in [1.807, 2.05) is 0 Å². The van der Waals surface area contributed by atoms with Crippen LogP contribution in [-0.4, -0.2) is 18.8 Å². The molecule has 62 valence electrons. The van der Waals surface area contributed by atoms with Crippen molar-refractivity contribution >= 4 is 32.6 Å². The first-order chi connectivity index (χ1) is 5.00. The monoisotopic (exact) mass is 280 g/mol. The Balaban J connectivity index is 2.99. The lowest BCUT2D eigenvalue weighted by Gasteiger charge is -2.25. The zero-order valence-electron chi connectivity index (χ0n) is 7.10. The Morgan fingerprint density at radius 1 is 1.00 bits per heavy atom. The smallest absolute Gasteiger partial charge is 0.0131 e. The average Bonchev–Trinajstić information content (AvgIpc) is 1.86. The number of benzene rings is 1. The highest BCUT2D eigenvalue weighted by Crippen LogP contribution is 2.44. The maximum absolute atomic E-state index is 2.33. The number of halogens is 1. The first-order valence-electron chi connectivity index (χ1n) is 3.44. The van der Waals surface area contributed by atoms with Gasteiger partial charge in [-0.25, -0.2) is 10.0 Å². The molecule has 0 atom stereocenters. The maximum Gasteiger partial charge on any atom is 0.0131 e. The molecule has 0 heterocycles. The van der Waals surface area contributed by atoms with Crippen LogP contribution in [0.4, 0.5) is 0 Å². The fourth-order valence-corrected chi connectivity index (χ4v) is 2.16. The van der Waals surface area contributed by atoms with Gasteiger partial charge in [-0.1, -0.05) is 0 Å². The largest absolute Gasteiger partial charge is 0.223 e. The highest BCUT2D eigenvalue weighted by Gasteiger charge is 2.05. The van der Waals surface area contributed by atoms with Crippen LogP contribution in [0.25, 0.3) is 0 Å². The maximum atomic E-state index is 2.33. The second-order valence-electron chi connectivity index (χ2n) is 3.29. The lowest BCUT2D eigenvalue weighted by atomic mass is 10.4. The number of rotatable bonds is 1. The predicted octanol–water partition coefficient (Wildman–Crippen LogP) is 3.34. The van der Waals surface area contributed by atoms with E-state index in [0.717, 1.165) is 0 Å². The van der Waals surface area contributed by atoms with Gasteiger partial charge in [0, 0.05) is 3.57 Å². The molecule has 0 N–H and O–H groups in total. The molecule has 0 saturated heterocycles. The zero-order valence-corrected chi connectivity index (χ0v) is 10.1. The van der Waals surface area contributed by atoms with Crippen LogP contribution in [0.3, 0.4) is 0 Å². The summed E-state index contributed by atoms with van der Waals surface area (Å²) in [6, 6.07) is 8.82. The van der Waals surface area contributed by atoms with E-state index in [0.29, 0.717) is 0 Å². The van der Waals surface area contributed by atoms with Gasteiger partial charge in [-0.3, -0.25) is 0 Å². The number of hydrogen-bond donors (Lipinski definition) is 0. The van der Waals surface area contributed by atoms with E-state index in [9.17, 15) is 0 Å². The van der Waals surface area contributed by atoms with Crippen molar-refractivity contribution in [2.24, 2.45) is 0 Å². The fraction of sp³-hybridized carbons (Fsp3) is 0.333. The third-order valence-corrected chi connectivity index (χ3v) is 3.93. The van der Waals surface area contributed by atoms with Crippen LogP contribution >= 0.6 is 32.6 Å². The van der Waals surface area contributed by atoms with Crippen LogP contribution in [0, 0.1) is 3.57 Å². The molecule has 0 aliphatic rings. The Hall–Kier alpha value is 0.300. The molecule has 11 heavy (non-hydrogen) atoms. The van der Waals surface area contributed by atoms with Crippen LogP contribution in [-0.2, 0) is 0 Å². The van der Waals surface area contributed by atoms with Crippen molar-refractivity contribution in [3.8, 4) is 0 Å². The van der Waals surface area contributed by atoms with Crippen LogP contribution < -0.4 is 0 Å². The summed E-state index contributed by atoms with van der Waals surface area (Å²) in [6.07, 6.45) is 6.94. The van der Waals surface area contributed by atoms with E-state index in [1.54, 1.807) is 0 Å². The molecule has 1 rings (SSSR count). The zero-order chi connectivity index (χ0) is 8.48. The summed E-state index contributed by atoms with van der Waals surface area (Å²) in [5.74, 6) is 0. The molecule has 0 spiro atoms.